The quantitative estimate of drug-likeness (QED) is 0.215. The molecule has 3 aromatic rings. The van der Waals surface area contributed by atoms with Gasteiger partial charge in [-0.3, -0.25) is 13.9 Å². The van der Waals surface area contributed by atoms with Gasteiger partial charge in [0.05, 0.1) is 11.9 Å². The van der Waals surface area contributed by atoms with Gasteiger partial charge in [-0.2, -0.15) is 0 Å². The van der Waals surface area contributed by atoms with Crippen molar-refractivity contribution in [3.63, 3.8) is 0 Å². The summed E-state index contributed by atoms with van der Waals surface area (Å²) in [5, 5.41) is 3.86. The first kappa shape index (κ1) is 34.4. The van der Waals surface area contributed by atoms with Crippen molar-refractivity contribution in [1.29, 1.82) is 0 Å². The minimum atomic E-state index is -3.61. The molecule has 43 heavy (non-hydrogen) atoms. The van der Waals surface area contributed by atoms with Gasteiger partial charge in [-0.05, 0) is 66.6 Å². The number of rotatable bonds is 14. The summed E-state index contributed by atoms with van der Waals surface area (Å²) in [4.78, 5) is 29.2. The number of carbonyl (C=O) groups excluding carboxylic acids is 2. The Balaban J connectivity index is 1.93. The Morgan fingerprint density at radius 2 is 1.65 bits per heavy atom. The van der Waals surface area contributed by atoms with Gasteiger partial charge in [-0.15, -0.1) is 0 Å². The zero-order chi connectivity index (χ0) is 31.7. The number of nitrogens with one attached hydrogen (secondary N) is 1. The van der Waals surface area contributed by atoms with Crippen LogP contribution in [-0.4, -0.2) is 50.5 Å². The zero-order valence-electron chi connectivity index (χ0n) is 25.4. The Bertz CT molecular complexity index is 1510. The number of benzene rings is 3. The largest absolute Gasteiger partial charge is 0.354 e. The lowest BCUT2D eigenvalue weighted by Gasteiger charge is -2.32. The molecular formula is C33H41Cl2N3O4S. The topological polar surface area (TPSA) is 86.8 Å². The fourth-order valence-electron chi connectivity index (χ4n) is 4.80. The second-order valence-corrected chi connectivity index (χ2v) is 14.0. The van der Waals surface area contributed by atoms with Gasteiger partial charge in [0, 0.05) is 42.5 Å². The second kappa shape index (κ2) is 15.6. The standard InChI is InChI=1S/C33H41Cl2N3O4S/c1-23(2)21-36-33(40)31(19-26-12-7-6-8-13-26)37(22-27-16-17-28(34)20-29(27)35)32(39)15-10-18-38(43(5,41)42)30-14-9-11-24(3)25(30)4/h6-9,11-14,16-17,20,23,31H,10,15,18-19,21-22H2,1-5H3,(H,36,40)/t31-/m0/s1. The fourth-order valence-corrected chi connectivity index (χ4v) is 6.28. The lowest BCUT2D eigenvalue weighted by Crippen LogP contribution is -2.51. The van der Waals surface area contributed by atoms with Gasteiger partial charge in [-0.25, -0.2) is 8.42 Å². The van der Waals surface area contributed by atoms with Crippen LogP contribution < -0.4 is 9.62 Å². The number of halogens is 2. The van der Waals surface area contributed by atoms with E-state index in [4.69, 9.17) is 23.2 Å². The number of carbonyl (C=O) groups is 2. The lowest BCUT2D eigenvalue weighted by molar-refractivity contribution is -0.141. The summed E-state index contributed by atoms with van der Waals surface area (Å²) in [6.45, 7) is 8.50. The average Bonchev–Trinajstić information content (AvgIpc) is 2.94. The molecule has 0 radical (unpaired) electrons. The first-order valence-corrected chi connectivity index (χ1v) is 17.0. The Morgan fingerprint density at radius 3 is 2.28 bits per heavy atom. The minimum Gasteiger partial charge on any atom is -0.354 e. The molecule has 0 aromatic heterocycles. The van der Waals surface area contributed by atoms with Crippen molar-refractivity contribution in [2.24, 2.45) is 5.92 Å². The monoisotopic (exact) mass is 645 g/mol. The van der Waals surface area contributed by atoms with Gasteiger partial charge in [0.15, 0.2) is 0 Å². The van der Waals surface area contributed by atoms with Crippen LogP contribution in [0.3, 0.4) is 0 Å². The third-order valence-electron chi connectivity index (χ3n) is 7.31. The molecule has 7 nitrogen and oxygen atoms in total. The number of nitrogens with zero attached hydrogens (tertiary/aromatic N) is 2. The summed E-state index contributed by atoms with van der Waals surface area (Å²) in [5.41, 5.74) is 4.00. The van der Waals surface area contributed by atoms with Crippen LogP contribution in [-0.2, 0) is 32.6 Å². The molecule has 0 spiro atoms. The van der Waals surface area contributed by atoms with Gasteiger partial charge in [0.2, 0.25) is 21.8 Å². The van der Waals surface area contributed by atoms with Crippen LogP contribution >= 0.6 is 23.2 Å². The maximum absolute atomic E-state index is 14.0. The third-order valence-corrected chi connectivity index (χ3v) is 9.08. The highest BCUT2D eigenvalue weighted by Crippen LogP contribution is 2.27. The summed E-state index contributed by atoms with van der Waals surface area (Å²) in [6.07, 6.45) is 1.76. The molecule has 232 valence electrons. The molecular weight excluding hydrogens is 605 g/mol. The Morgan fingerprint density at radius 1 is 0.953 bits per heavy atom. The molecule has 3 aromatic carbocycles. The van der Waals surface area contributed by atoms with E-state index in [1.807, 2.05) is 70.2 Å². The van der Waals surface area contributed by atoms with Crippen molar-refractivity contribution in [2.45, 2.75) is 59.5 Å². The van der Waals surface area contributed by atoms with Gasteiger partial charge < -0.3 is 10.2 Å². The molecule has 0 aliphatic rings. The number of amides is 2. The molecule has 0 bridgehead atoms. The van der Waals surface area contributed by atoms with E-state index < -0.39 is 16.1 Å². The first-order valence-electron chi connectivity index (χ1n) is 14.4. The predicted octanol–water partition coefficient (Wildman–Crippen LogP) is 6.57. The number of aryl methyl sites for hydroxylation is 1. The zero-order valence-corrected chi connectivity index (χ0v) is 27.8. The van der Waals surface area contributed by atoms with Crippen LogP contribution in [0, 0.1) is 19.8 Å². The molecule has 0 aliphatic heterocycles. The molecule has 0 unspecified atom stereocenters. The van der Waals surface area contributed by atoms with Crippen molar-refractivity contribution in [3.05, 3.63) is 99.0 Å². The van der Waals surface area contributed by atoms with E-state index in [9.17, 15) is 18.0 Å². The number of sulfonamides is 1. The van der Waals surface area contributed by atoms with E-state index in [0.717, 1.165) is 16.7 Å². The third kappa shape index (κ3) is 9.98. The van der Waals surface area contributed by atoms with Crippen LogP contribution in [0.5, 0.6) is 0 Å². The number of anilines is 1. The normalized spacial score (nSPS) is 12.2. The SMILES string of the molecule is Cc1cccc(N(CCCC(=O)N(Cc2ccc(Cl)cc2Cl)[C@@H](Cc2ccccc2)C(=O)NCC(C)C)S(C)(=O)=O)c1C. The Hall–Kier alpha value is -3.07. The molecule has 0 aliphatic carbocycles. The molecule has 0 saturated heterocycles. The summed E-state index contributed by atoms with van der Waals surface area (Å²) in [5.74, 6) is -0.312. The first-order chi connectivity index (χ1) is 20.3. The van der Waals surface area contributed by atoms with Gasteiger partial charge >= 0.3 is 0 Å². The van der Waals surface area contributed by atoms with E-state index in [1.54, 1.807) is 29.2 Å². The van der Waals surface area contributed by atoms with Crippen LogP contribution in [0.4, 0.5) is 5.69 Å². The van der Waals surface area contributed by atoms with Crippen LogP contribution in [0.25, 0.3) is 0 Å². The van der Waals surface area contributed by atoms with E-state index in [1.165, 1.54) is 10.6 Å². The fraction of sp³-hybridized carbons (Fsp3) is 0.394. The van der Waals surface area contributed by atoms with Gasteiger partial charge in [0.1, 0.15) is 6.04 Å². The summed E-state index contributed by atoms with van der Waals surface area (Å²) < 4.78 is 26.9. The van der Waals surface area contributed by atoms with E-state index in [-0.39, 0.29) is 43.7 Å². The molecule has 10 heteroatoms. The van der Waals surface area contributed by atoms with E-state index in [0.29, 0.717) is 34.3 Å². The predicted molar refractivity (Wildman–Crippen MR) is 176 cm³/mol. The van der Waals surface area contributed by atoms with Crippen LogP contribution in [0.2, 0.25) is 10.0 Å². The van der Waals surface area contributed by atoms with Crippen LogP contribution in [0.15, 0.2) is 66.7 Å². The van der Waals surface area contributed by atoms with E-state index in [2.05, 4.69) is 5.32 Å². The Labute approximate surface area is 266 Å². The minimum absolute atomic E-state index is 0.0326. The smallest absolute Gasteiger partial charge is 0.243 e. The summed E-state index contributed by atoms with van der Waals surface area (Å²) in [7, 11) is -3.61. The average molecular weight is 647 g/mol. The summed E-state index contributed by atoms with van der Waals surface area (Å²) in [6, 6.07) is 19.3. The highest BCUT2D eigenvalue weighted by Gasteiger charge is 2.31. The molecule has 2 amide bonds. The molecule has 1 atom stereocenters. The maximum Gasteiger partial charge on any atom is 0.243 e. The van der Waals surface area contributed by atoms with Gasteiger partial charge in [-0.1, -0.05) is 85.6 Å². The second-order valence-electron chi connectivity index (χ2n) is 11.3. The number of hydrogen-bond donors (Lipinski definition) is 1. The molecule has 3 rings (SSSR count). The highest BCUT2D eigenvalue weighted by atomic mass is 35.5. The van der Waals surface area contributed by atoms with Crippen molar-refractivity contribution in [3.8, 4) is 0 Å². The maximum atomic E-state index is 14.0. The van der Waals surface area contributed by atoms with Crippen molar-refractivity contribution in [1.82, 2.24) is 10.2 Å². The molecule has 0 heterocycles. The van der Waals surface area contributed by atoms with Crippen molar-refractivity contribution in [2.75, 3.05) is 23.7 Å². The lowest BCUT2D eigenvalue weighted by atomic mass is 10.0. The van der Waals surface area contributed by atoms with Crippen LogP contribution in [0.1, 0.15) is 48.9 Å². The van der Waals surface area contributed by atoms with Crippen molar-refractivity contribution < 1.29 is 18.0 Å². The highest BCUT2D eigenvalue weighted by molar-refractivity contribution is 7.92. The molecule has 0 fully saturated rings. The van der Waals surface area contributed by atoms with Crippen molar-refractivity contribution >= 4 is 50.7 Å². The number of hydrogen-bond acceptors (Lipinski definition) is 4. The molecule has 1 N–H and O–H groups in total. The summed E-state index contributed by atoms with van der Waals surface area (Å²) >= 11 is 12.7. The van der Waals surface area contributed by atoms with E-state index >= 15 is 0 Å². The van der Waals surface area contributed by atoms with Gasteiger partial charge in [0.25, 0.3) is 0 Å². The molecule has 0 saturated carbocycles. The Kier molecular flexibility index (Phi) is 12.5.